The van der Waals surface area contributed by atoms with Crippen LogP contribution in [0.25, 0.3) is 0 Å². The van der Waals surface area contributed by atoms with Gasteiger partial charge in [-0.25, -0.2) is 0 Å². The molecular formula is C12H24N2. The maximum Gasteiger partial charge on any atom is 0.0470 e. The molecule has 14 heavy (non-hydrogen) atoms. The van der Waals surface area contributed by atoms with Crippen LogP contribution in [0.15, 0.2) is 5.10 Å². The van der Waals surface area contributed by atoms with Gasteiger partial charge < -0.3 is 0 Å². The van der Waals surface area contributed by atoms with Gasteiger partial charge in [0.25, 0.3) is 0 Å². The van der Waals surface area contributed by atoms with Gasteiger partial charge in [0.15, 0.2) is 0 Å². The molecule has 1 saturated carbocycles. The third-order valence-corrected chi connectivity index (χ3v) is 2.95. The summed E-state index contributed by atoms with van der Waals surface area (Å²) in [6, 6.07) is 0.727. The molecule has 0 aliphatic heterocycles. The molecule has 0 atom stereocenters. The van der Waals surface area contributed by atoms with Crippen molar-refractivity contribution >= 4 is 6.21 Å². The third-order valence-electron chi connectivity index (χ3n) is 2.95. The van der Waals surface area contributed by atoms with Gasteiger partial charge in [-0.05, 0) is 32.1 Å². The van der Waals surface area contributed by atoms with Crippen LogP contribution in [0.4, 0.5) is 0 Å². The Labute approximate surface area is 88.4 Å². The molecule has 1 aliphatic carbocycles. The van der Waals surface area contributed by atoms with Gasteiger partial charge in [0.2, 0.25) is 0 Å². The van der Waals surface area contributed by atoms with E-state index < -0.39 is 0 Å². The van der Waals surface area contributed by atoms with Crippen LogP contribution >= 0.6 is 0 Å². The first-order valence-corrected chi connectivity index (χ1v) is 5.99. The monoisotopic (exact) mass is 196 g/mol. The van der Waals surface area contributed by atoms with E-state index >= 15 is 0 Å². The average molecular weight is 196 g/mol. The average Bonchev–Trinajstić information content (AvgIpc) is 2.64. The molecule has 0 aromatic carbocycles. The predicted molar refractivity (Wildman–Crippen MR) is 62.6 cm³/mol. The lowest BCUT2D eigenvalue weighted by Gasteiger charge is -2.26. The maximum atomic E-state index is 4.49. The van der Waals surface area contributed by atoms with Crippen molar-refractivity contribution in [2.24, 2.45) is 11.0 Å². The van der Waals surface area contributed by atoms with Crippen molar-refractivity contribution in [1.29, 1.82) is 0 Å². The van der Waals surface area contributed by atoms with Crippen molar-refractivity contribution in [2.45, 2.75) is 58.9 Å². The molecule has 82 valence electrons. The number of hydrogen-bond acceptors (Lipinski definition) is 2. The summed E-state index contributed by atoms with van der Waals surface area (Å²) in [4.78, 5) is 0. The van der Waals surface area contributed by atoms with Crippen molar-refractivity contribution < 1.29 is 0 Å². The fourth-order valence-corrected chi connectivity index (χ4v) is 2.08. The van der Waals surface area contributed by atoms with Crippen molar-refractivity contribution in [3.05, 3.63) is 0 Å². The van der Waals surface area contributed by atoms with Crippen molar-refractivity contribution in [3.63, 3.8) is 0 Å². The van der Waals surface area contributed by atoms with Crippen LogP contribution in [0, 0.1) is 5.92 Å². The van der Waals surface area contributed by atoms with E-state index in [-0.39, 0.29) is 0 Å². The Balaban J connectivity index is 2.37. The minimum absolute atomic E-state index is 0.727. The highest BCUT2D eigenvalue weighted by Crippen LogP contribution is 2.24. The van der Waals surface area contributed by atoms with Gasteiger partial charge in [0.05, 0.1) is 0 Å². The van der Waals surface area contributed by atoms with Gasteiger partial charge in [0, 0.05) is 18.8 Å². The lowest BCUT2D eigenvalue weighted by atomic mass is 10.1. The molecule has 1 fully saturated rings. The van der Waals surface area contributed by atoms with Crippen molar-refractivity contribution in [2.75, 3.05) is 6.54 Å². The molecule has 1 aliphatic rings. The summed E-state index contributed by atoms with van der Waals surface area (Å²) in [5.74, 6) is 0.783. The molecular weight excluding hydrogens is 172 g/mol. The van der Waals surface area contributed by atoms with E-state index in [0.717, 1.165) is 18.5 Å². The molecule has 0 heterocycles. The van der Waals surface area contributed by atoms with E-state index in [1.165, 1.54) is 32.1 Å². The Hall–Kier alpha value is -0.530. The Bertz CT molecular complexity index is 169. The second-order valence-electron chi connectivity index (χ2n) is 4.66. The van der Waals surface area contributed by atoms with Gasteiger partial charge >= 0.3 is 0 Å². The van der Waals surface area contributed by atoms with Crippen LogP contribution in [0.3, 0.4) is 0 Å². The largest absolute Gasteiger partial charge is 0.294 e. The standard InChI is InChI=1S/C12H24N2/c1-4-13-14(10-9-11(2)3)12-7-5-6-8-12/h4,11-12H,5-10H2,1-3H3. The third kappa shape index (κ3) is 3.69. The van der Waals surface area contributed by atoms with Gasteiger partial charge in [0.1, 0.15) is 0 Å². The Kier molecular flexibility index (Phi) is 4.99. The van der Waals surface area contributed by atoms with Crippen LogP contribution in [-0.4, -0.2) is 23.8 Å². The number of hydrazone groups is 1. The molecule has 0 spiro atoms. The summed E-state index contributed by atoms with van der Waals surface area (Å²) in [7, 11) is 0. The lowest BCUT2D eigenvalue weighted by Crippen LogP contribution is -2.30. The Morgan fingerprint density at radius 1 is 1.36 bits per heavy atom. The zero-order chi connectivity index (χ0) is 10.4. The normalized spacial score (nSPS) is 18.6. The highest BCUT2D eigenvalue weighted by molar-refractivity contribution is 5.52. The summed E-state index contributed by atoms with van der Waals surface area (Å²) in [6.45, 7) is 7.70. The number of hydrogen-bond donors (Lipinski definition) is 0. The summed E-state index contributed by atoms with van der Waals surface area (Å²) in [6.07, 6.45) is 8.65. The van der Waals surface area contributed by atoms with E-state index in [4.69, 9.17) is 0 Å². The van der Waals surface area contributed by atoms with Crippen LogP contribution in [0.1, 0.15) is 52.9 Å². The van der Waals surface area contributed by atoms with E-state index in [2.05, 4.69) is 24.0 Å². The smallest absolute Gasteiger partial charge is 0.0470 e. The van der Waals surface area contributed by atoms with Crippen LogP contribution in [-0.2, 0) is 0 Å². The first-order chi connectivity index (χ1) is 6.74. The van der Waals surface area contributed by atoms with Gasteiger partial charge in [-0.1, -0.05) is 26.7 Å². The quantitative estimate of drug-likeness (QED) is 0.486. The van der Waals surface area contributed by atoms with E-state index in [9.17, 15) is 0 Å². The summed E-state index contributed by atoms with van der Waals surface area (Å²) < 4.78 is 0. The van der Waals surface area contributed by atoms with Gasteiger partial charge in [-0.15, -0.1) is 0 Å². The van der Waals surface area contributed by atoms with Crippen molar-refractivity contribution in [1.82, 2.24) is 5.01 Å². The summed E-state index contributed by atoms with van der Waals surface area (Å²) in [5, 5.41) is 6.80. The summed E-state index contributed by atoms with van der Waals surface area (Å²) in [5.41, 5.74) is 0. The van der Waals surface area contributed by atoms with Crippen LogP contribution in [0.2, 0.25) is 0 Å². The fraction of sp³-hybridized carbons (Fsp3) is 0.917. The molecule has 0 N–H and O–H groups in total. The van der Waals surface area contributed by atoms with Gasteiger partial charge in [-0.2, -0.15) is 5.10 Å². The molecule has 1 rings (SSSR count). The second-order valence-corrected chi connectivity index (χ2v) is 4.66. The molecule has 2 nitrogen and oxygen atoms in total. The van der Waals surface area contributed by atoms with E-state index in [0.29, 0.717) is 0 Å². The number of rotatable bonds is 5. The lowest BCUT2D eigenvalue weighted by molar-refractivity contribution is 0.197. The van der Waals surface area contributed by atoms with Crippen molar-refractivity contribution in [3.8, 4) is 0 Å². The molecule has 0 aromatic heterocycles. The molecule has 0 amide bonds. The second kappa shape index (κ2) is 6.05. The fourth-order valence-electron chi connectivity index (χ4n) is 2.08. The summed E-state index contributed by atoms with van der Waals surface area (Å²) >= 11 is 0. The van der Waals surface area contributed by atoms with E-state index in [1.54, 1.807) is 0 Å². The minimum Gasteiger partial charge on any atom is -0.294 e. The molecule has 0 radical (unpaired) electrons. The minimum atomic E-state index is 0.727. The molecule has 0 aromatic rings. The zero-order valence-corrected chi connectivity index (χ0v) is 9.87. The maximum absolute atomic E-state index is 4.49. The topological polar surface area (TPSA) is 15.6 Å². The first-order valence-electron chi connectivity index (χ1n) is 5.99. The highest BCUT2D eigenvalue weighted by atomic mass is 15.5. The molecule has 2 heteroatoms. The molecule has 0 unspecified atom stereocenters. The highest BCUT2D eigenvalue weighted by Gasteiger charge is 2.20. The number of nitrogens with zero attached hydrogens (tertiary/aromatic N) is 2. The zero-order valence-electron chi connectivity index (χ0n) is 9.87. The van der Waals surface area contributed by atoms with Gasteiger partial charge in [-0.3, -0.25) is 5.01 Å². The van der Waals surface area contributed by atoms with Crippen LogP contribution in [0.5, 0.6) is 0 Å². The molecule has 0 bridgehead atoms. The Morgan fingerprint density at radius 3 is 2.50 bits per heavy atom. The molecule has 0 saturated heterocycles. The predicted octanol–water partition coefficient (Wildman–Crippen LogP) is 3.28. The van der Waals surface area contributed by atoms with E-state index in [1.807, 2.05) is 13.1 Å². The SMILES string of the molecule is CC=NN(CCC(C)C)C1CCCC1. The Morgan fingerprint density at radius 2 is 2.00 bits per heavy atom. The first kappa shape index (κ1) is 11.5. The van der Waals surface area contributed by atoms with Crippen LogP contribution < -0.4 is 0 Å².